The fourth-order valence-electron chi connectivity index (χ4n) is 3.74. The number of rotatable bonds is 3. The van der Waals surface area contributed by atoms with Gasteiger partial charge in [0, 0.05) is 18.0 Å². The highest BCUT2D eigenvalue weighted by Gasteiger charge is 2.34. The van der Waals surface area contributed by atoms with Gasteiger partial charge in [0.1, 0.15) is 0 Å². The number of hydrogen-bond donors (Lipinski definition) is 2. The molecule has 2 atom stereocenters. The molecule has 0 aromatic heterocycles. The SMILES string of the molecule is C[C@H](C(=O)NC(=O)NC(C)(C)C)N1CCC[C@H]1c1ccc2c(c1)OCCCO2. The number of carbonyl (C=O) groups excluding carboxylic acids is 2. The Labute approximate surface area is 166 Å². The third-order valence-corrected chi connectivity index (χ3v) is 5.05. The van der Waals surface area contributed by atoms with Gasteiger partial charge in [-0.1, -0.05) is 6.07 Å². The predicted octanol–water partition coefficient (Wildman–Crippen LogP) is 3.00. The van der Waals surface area contributed by atoms with Gasteiger partial charge in [-0.25, -0.2) is 4.79 Å². The molecule has 2 heterocycles. The van der Waals surface area contributed by atoms with E-state index in [0.29, 0.717) is 13.2 Å². The molecule has 1 saturated heterocycles. The van der Waals surface area contributed by atoms with E-state index in [1.807, 2.05) is 45.9 Å². The summed E-state index contributed by atoms with van der Waals surface area (Å²) < 4.78 is 11.5. The number of carbonyl (C=O) groups is 2. The number of likely N-dealkylation sites (tertiary alicyclic amines) is 1. The molecule has 1 aromatic rings. The normalized spacial score (nSPS) is 20.9. The summed E-state index contributed by atoms with van der Waals surface area (Å²) in [5.74, 6) is 1.25. The average Bonchev–Trinajstić information content (AvgIpc) is 2.97. The van der Waals surface area contributed by atoms with Crippen molar-refractivity contribution in [3.8, 4) is 11.5 Å². The minimum Gasteiger partial charge on any atom is -0.490 e. The number of nitrogens with zero attached hydrogens (tertiary/aromatic N) is 1. The fourth-order valence-corrected chi connectivity index (χ4v) is 3.74. The van der Waals surface area contributed by atoms with E-state index in [2.05, 4.69) is 15.5 Å². The number of benzene rings is 1. The van der Waals surface area contributed by atoms with Crippen LogP contribution in [0.2, 0.25) is 0 Å². The van der Waals surface area contributed by atoms with Crippen LogP contribution in [-0.4, -0.2) is 48.2 Å². The quantitative estimate of drug-likeness (QED) is 0.831. The summed E-state index contributed by atoms with van der Waals surface area (Å²) >= 11 is 0. The van der Waals surface area contributed by atoms with Gasteiger partial charge in [-0.15, -0.1) is 0 Å². The lowest BCUT2D eigenvalue weighted by atomic mass is 10.0. The van der Waals surface area contributed by atoms with Gasteiger partial charge in [0.05, 0.1) is 19.3 Å². The van der Waals surface area contributed by atoms with Crippen molar-refractivity contribution in [2.24, 2.45) is 0 Å². The van der Waals surface area contributed by atoms with E-state index in [1.54, 1.807) is 0 Å². The van der Waals surface area contributed by atoms with Crippen molar-refractivity contribution in [3.63, 3.8) is 0 Å². The Morgan fingerprint density at radius 1 is 1.14 bits per heavy atom. The van der Waals surface area contributed by atoms with Crippen LogP contribution < -0.4 is 20.1 Å². The molecule has 0 saturated carbocycles. The van der Waals surface area contributed by atoms with Gasteiger partial charge >= 0.3 is 6.03 Å². The largest absolute Gasteiger partial charge is 0.490 e. The summed E-state index contributed by atoms with van der Waals surface area (Å²) in [5, 5.41) is 5.23. The van der Waals surface area contributed by atoms with Crippen LogP contribution in [0.25, 0.3) is 0 Å². The maximum Gasteiger partial charge on any atom is 0.321 e. The molecule has 1 aromatic carbocycles. The summed E-state index contributed by atoms with van der Waals surface area (Å²) in [4.78, 5) is 26.8. The van der Waals surface area contributed by atoms with Gasteiger partial charge in [0.15, 0.2) is 11.5 Å². The van der Waals surface area contributed by atoms with E-state index in [4.69, 9.17) is 9.47 Å². The van der Waals surface area contributed by atoms with E-state index in [-0.39, 0.29) is 11.9 Å². The zero-order valence-corrected chi connectivity index (χ0v) is 17.2. The predicted molar refractivity (Wildman–Crippen MR) is 107 cm³/mol. The van der Waals surface area contributed by atoms with Crippen molar-refractivity contribution in [1.82, 2.24) is 15.5 Å². The third-order valence-electron chi connectivity index (χ3n) is 5.05. The van der Waals surface area contributed by atoms with Crippen molar-refractivity contribution >= 4 is 11.9 Å². The first-order valence-electron chi connectivity index (χ1n) is 10.0. The molecule has 3 amide bonds. The van der Waals surface area contributed by atoms with Gasteiger partial charge < -0.3 is 14.8 Å². The topological polar surface area (TPSA) is 79.9 Å². The number of fused-ring (bicyclic) bond motifs is 1. The van der Waals surface area contributed by atoms with Crippen LogP contribution in [0.1, 0.15) is 58.6 Å². The molecular formula is C21H31N3O4. The Balaban J connectivity index is 1.69. The first kappa shape index (κ1) is 20.5. The van der Waals surface area contributed by atoms with Gasteiger partial charge in [0.2, 0.25) is 5.91 Å². The number of hydrogen-bond acceptors (Lipinski definition) is 5. The zero-order chi connectivity index (χ0) is 20.3. The first-order valence-corrected chi connectivity index (χ1v) is 10.0. The molecule has 0 unspecified atom stereocenters. The highest BCUT2D eigenvalue weighted by atomic mass is 16.5. The van der Waals surface area contributed by atoms with E-state index < -0.39 is 17.6 Å². The lowest BCUT2D eigenvalue weighted by molar-refractivity contribution is -0.125. The number of ether oxygens (including phenoxy) is 2. The average molecular weight is 389 g/mol. The highest BCUT2D eigenvalue weighted by molar-refractivity contribution is 5.97. The summed E-state index contributed by atoms with van der Waals surface area (Å²) in [6.45, 7) is 9.60. The zero-order valence-electron chi connectivity index (χ0n) is 17.2. The van der Waals surface area contributed by atoms with Crippen LogP contribution in [0.15, 0.2) is 18.2 Å². The molecule has 2 N–H and O–H groups in total. The van der Waals surface area contributed by atoms with E-state index in [9.17, 15) is 9.59 Å². The summed E-state index contributed by atoms with van der Waals surface area (Å²) in [6, 6.07) is 5.27. The summed E-state index contributed by atoms with van der Waals surface area (Å²) in [5.41, 5.74) is 0.716. The molecule has 7 nitrogen and oxygen atoms in total. The molecule has 2 aliphatic rings. The molecule has 0 aliphatic carbocycles. The second-order valence-corrected chi connectivity index (χ2v) is 8.52. The summed E-state index contributed by atoms with van der Waals surface area (Å²) in [7, 11) is 0. The highest BCUT2D eigenvalue weighted by Crippen LogP contribution is 2.38. The van der Waals surface area contributed by atoms with Gasteiger partial charge in [-0.05, 0) is 64.8 Å². The lowest BCUT2D eigenvalue weighted by Crippen LogP contribution is -2.53. The standard InChI is InChI=1S/C21H31N3O4/c1-14(19(25)22-20(26)23-21(2,3)4)24-10-5-7-16(24)15-8-9-17-18(13-15)28-12-6-11-27-17/h8-9,13-14,16H,5-7,10-12H2,1-4H3,(H2,22,23,25,26)/t14-,16+/m1/s1. The number of imide groups is 1. The Hall–Kier alpha value is -2.28. The van der Waals surface area contributed by atoms with Crippen LogP contribution in [-0.2, 0) is 4.79 Å². The maximum absolute atomic E-state index is 12.6. The third kappa shape index (κ3) is 4.95. The summed E-state index contributed by atoms with van der Waals surface area (Å²) in [6.07, 6.45) is 2.84. The second-order valence-electron chi connectivity index (χ2n) is 8.52. The Morgan fingerprint density at radius 2 is 1.86 bits per heavy atom. The maximum atomic E-state index is 12.6. The van der Waals surface area contributed by atoms with Crippen molar-refractivity contribution in [1.29, 1.82) is 0 Å². The van der Waals surface area contributed by atoms with Gasteiger partial charge in [-0.3, -0.25) is 15.0 Å². The van der Waals surface area contributed by atoms with Gasteiger partial charge in [-0.2, -0.15) is 0 Å². The molecule has 0 bridgehead atoms. The minimum absolute atomic E-state index is 0.114. The van der Waals surface area contributed by atoms with Crippen LogP contribution in [0, 0.1) is 0 Å². The number of amides is 3. The van der Waals surface area contributed by atoms with Crippen LogP contribution >= 0.6 is 0 Å². The van der Waals surface area contributed by atoms with Crippen molar-refractivity contribution < 1.29 is 19.1 Å². The molecule has 0 spiro atoms. The minimum atomic E-state index is -0.462. The first-order chi connectivity index (χ1) is 13.2. The lowest BCUT2D eigenvalue weighted by Gasteiger charge is -2.30. The Morgan fingerprint density at radius 3 is 2.57 bits per heavy atom. The van der Waals surface area contributed by atoms with Crippen LogP contribution in [0.4, 0.5) is 4.79 Å². The fraction of sp³-hybridized carbons (Fsp3) is 0.619. The monoisotopic (exact) mass is 389 g/mol. The molecule has 1 fully saturated rings. The van der Waals surface area contributed by atoms with Crippen molar-refractivity contribution in [2.75, 3.05) is 19.8 Å². The molecule has 154 valence electrons. The molecule has 7 heteroatoms. The molecule has 3 rings (SSSR count). The molecular weight excluding hydrogens is 358 g/mol. The molecule has 0 radical (unpaired) electrons. The number of urea groups is 1. The Bertz CT molecular complexity index is 729. The van der Waals surface area contributed by atoms with E-state index in [0.717, 1.165) is 42.9 Å². The van der Waals surface area contributed by atoms with Crippen molar-refractivity contribution in [3.05, 3.63) is 23.8 Å². The van der Waals surface area contributed by atoms with E-state index >= 15 is 0 Å². The molecule has 28 heavy (non-hydrogen) atoms. The van der Waals surface area contributed by atoms with E-state index in [1.165, 1.54) is 0 Å². The van der Waals surface area contributed by atoms with Crippen molar-refractivity contribution in [2.45, 2.75) is 64.6 Å². The number of nitrogens with one attached hydrogen (secondary N) is 2. The Kier molecular flexibility index (Phi) is 6.13. The second kappa shape index (κ2) is 8.39. The van der Waals surface area contributed by atoms with Gasteiger partial charge in [0.25, 0.3) is 0 Å². The van der Waals surface area contributed by atoms with Crippen LogP contribution in [0.5, 0.6) is 11.5 Å². The smallest absolute Gasteiger partial charge is 0.321 e. The van der Waals surface area contributed by atoms with Crippen LogP contribution in [0.3, 0.4) is 0 Å². The molecule has 2 aliphatic heterocycles.